The third-order valence-corrected chi connectivity index (χ3v) is 3.49. The Labute approximate surface area is 98.3 Å². The summed E-state index contributed by atoms with van der Waals surface area (Å²) < 4.78 is 26.2. The predicted molar refractivity (Wildman–Crippen MR) is 58.8 cm³/mol. The number of hydrogen-bond donors (Lipinski definition) is 1. The van der Waals surface area contributed by atoms with E-state index in [2.05, 4.69) is 0 Å². The van der Waals surface area contributed by atoms with Crippen molar-refractivity contribution in [2.45, 2.75) is 32.1 Å². The maximum Gasteiger partial charge on any atom is 0.303 e. The molecule has 1 aromatic rings. The molecule has 0 aliphatic heterocycles. The Kier molecular flexibility index (Phi) is 3.13. The maximum absolute atomic E-state index is 13.2. The molecule has 0 radical (unpaired) electrons. The van der Waals surface area contributed by atoms with Gasteiger partial charge >= 0.3 is 5.97 Å². The van der Waals surface area contributed by atoms with Crippen LogP contribution < -0.4 is 0 Å². The van der Waals surface area contributed by atoms with Crippen molar-refractivity contribution in [1.29, 1.82) is 0 Å². The van der Waals surface area contributed by atoms with Gasteiger partial charge in [0.2, 0.25) is 0 Å². The van der Waals surface area contributed by atoms with Crippen LogP contribution in [0.1, 0.15) is 36.8 Å². The van der Waals surface area contributed by atoms with E-state index in [1.165, 1.54) is 12.1 Å². The molecule has 0 amide bonds. The minimum Gasteiger partial charge on any atom is -0.481 e. The highest BCUT2D eigenvalue weighted by molar-refractivity contribution is 5.67. The minimum absolute atomic E-state index is 0.0243. The summed E-state index contributed by atoms with van der Waals surface area (Å²) in [5.74, 6) is -2.56. The van der Waals surface area contributed by atoms with Crippen molar-refractivity contribution >= 4 is 5.97 Å². The highest BCUT2D eigenvalue weighted by Gasteiger charge is 2.29. The van der Waals surface area contributed by atoms with E-state index in [0.717, 1.165) is 17.5 Å². The molecule has 2 nitrogen and oxygen atoms in total. The van der Waals surface area contributed by atoms with Crippen molar-refractivity contribution < 1.29 is 18.7 Å². The Balaban J connectivity index is 2.27. The summed E-state index contributed by atoms with van der Waals surface area (Å²) in [6.45, 7) is 1.84. The molecular formula is C13H14F2O2. The molecule has 0 fully saturated rings. The van der Waals surface area contributed by atoms with E-state index in [9.17, 15) is 13.6 Å². The lowest BCUT2D eigenvalue weighted by Gasteiger charge is -2.18. The van der Waals surface area contributed by atoms with Gasteiger partial charge in [-0.15, -0.1) is 0 Å². The maximum atomic E-state index is 13.2. The molecule has 2 unspecified atom stereocenters. The fourth-order valence-corrected chi connectivity index (χ4v) is 2.64. The average molecular weight is 240 g/mol. The number of hydrogen-bond acceptors (Lipinski definition) is 1. The van der Waals surface area contributed by atoms with Crippen LogP contribution in [-0.4, -0.2) is 11.1 Å². The van der Waals surface area contributed by atoms with Crippen molar-refractivity contribution in [1.82, 2.24) is 0 Å². The molecule has 1 N–H and O–H groups in total. The van der Waals surface area contributed by atoms with Crippen LogP contribution in [0.25, 0.3) is 0 Å². The van der Waals surface area contributed by atoms with Crippen LogP contribution in [0.15, 0.2) is 12.1 Å². The molecule has 4 heteroatoms. The lowest BCUT2D eigenvalue weighted by atomic mass is 9.86. The van der Waals surface area contributed by atoms with Crippen LogP contribution in [-0.2, 0) is 11.2 Å². The standard InChI is InChI=1S/C13H14F2O2/c1-7(4-13(16)17)9-3-2-8-5-11(14)12(15)6-10(8)9/h5-7,9H,2-4H2,1H3,(H,16,17). The van der Waals surface area contributed by atoms with E-state index in [1.54, 1.807) is 0 Å². The Morgan fingerprint density at radius 3 is 2.76 bits per heavy atom. The van der Waals surface area contributed by atoms with Gasteiger partial charge < -0.3 is 5.11 Å². The van der Waals surface area contributed by atoms with Gasteiger partial charge in [0.1, 0.15) is 0 Å². The largest absolute Gasteiger partial charge is 0.481 e. The second-order valence-corrected chi connectivity index (χ2v) is 4.69. The van der Waals surface area contributed by atoms with Gasteiger partial charge in [0.05, 0.1) is 0 Å². The number of carbonyl (C=O) groups is 1. The number of carboxylic acid groups (broad SMARTS) is 1. The number of carboxylic acids is 1. The molecule has 0 heterocycles. The van der Waals surface area contributed by atoms with Gasteiger partial charge in [0.15, 0.2) is 11.6 Å². The quantitative estimate of drug-likeness (QED) is 0.881. The Bertz CT molecular complexity index is 457. The van der Waals surface area contributed by atoms with Gasteiger partial charge in [-0.2, -0.15) is 0 Å². The summed E-state index contributed by atoms with van der Waals surface area (Å²) >= 11 is 0. The van der Waals surface area contributed by atoms with Gasteiger partial charge in [0, 0.05) is 6.42 Å². The molecule has 0 saturated heterocycles. The molecule has 0 spiro atoms. The highest BCUT2D eigenvalue weighted by Crippen LogP contribution is 2.40. The van der Waals surface area contributed by atoms with E-state index in [4.69, 9.17) is 5.11 Å². The number of rotatable bonds is 3. The van der Waals surface area contributed by atoms with E-state index >= 15 is 0 Å². The summed E-state index contributed by atoms with van der Waals surface area (Å²) in [5, 5.41) is 8.76. The molecule has 2 atom stereocenters. The molecule has 0 aromatic heterocycles. The first kappa shape index (κ1) is 12.0. The molecule has 1 aliphatic carbocycles. The second-order valence-electron chi connectivity index (χ2n) is 4.69. The lowest BCUT2D eigenvalue weighted by Crippen LogP contribution is -2.12. The molecule has 1 aliphatic rings. The topological polar surface area (TPSA) is 37.3 Å². The van der Waals surface area contributed by atoms with Gasteiger partial charge in [0.25, 0.3) is 0 Å². The first-order valence-corrected chi connectivity index (χ1v) is 5.68. The monoisotopic (exact) mass is 240 g/mol. The Morgan fingerprint density at radius 2 is 2.12 bits per heavy atom. The zero-order valence-corrected chi connectivity index (χ0v) is 9.54. The van der Waals surface area contributed by atoms with Crippen molar-refractivity contribution in [2.75, 3.05) is 0 Å². The number of aliphatic carboxylic acids is 1. The first-order chi connectivity index (χ1) is 7.99. The minimum atomic E-state index is -0.853. The van der Waals surface area contributed by atoms with Gasteiger partial charge in [-0.05, 0) is 47.9 Å². The fourth-order valence-electron chi connectivity index (χ4n) is 2.64. The van der Waals surface area contributed by atoms with Gasteiger partial charge in [-0.3, -0.25) is 4.79 Å². The summed E-state index contributed by atoms with van der Waals surface area (Å²) in [4.78, 5) is 10.7. The van der Waals surface area contributed by atoms with Crippen LogP contribution in [0, 0.1) is 17.6 Å². The van der Waals surface area contributed by atoms with Crippen LogP contribution in [0.5, 0.6) is 0 Å². The van der Waals surface area contributed by atoms with Gasteiger partial charge in [-0.1, -0.05) is 6.92 Å². The summed E-state index contributed by atoms with van der Waals surface area (Å²) in [5.41, 5.74) is 1.59. The zero-order chi connectivity index (χ0) is 12.6. The highest BCUT2D eigenvalue weighted by atomic mass is 19.2. The van der Waals surface area contributed by atoms with Crippen LogP contribution in [0.4, 0.5) is 8.78 Å². The molecule has 0 bridgehead atoms. The SMILES string of the molecule is CC(CC(=O)O)C1CCc2cc(F)c(F)cc21. The van der Waals surface area contributed by atoms with Crippen molar-refractivity contribution in [3.63, 3.8) is 0 Å². The van der Waals surface area contributed by atoms with Crippen molar-refractivity contribution in [3.8, 4) is 0 Å². The van der Waals surface area contributed by atoms with Crippen LogP contribution >= 0.6 is 0 Å². The van der Waals surface area contributed by atoms with E-state index in [0.29, 0.717) is 6.42 Å². The number of halogens is 2. The number of fused-ring (bicyclic) bond motifs is 1. The Hall–Kier alpha value is -1.45. The normalized spacial score (nSPS) is 20.1. The van der Waals surface area contributed by atoms with E-state index in [1.807, 2.05) is 6.92 Å². The van der Waals surface area contributed by atoms with Crippen molar-refractivity contribution in [3.05, 3.63) is 34.9 Å². The molecule has 2 rings (SSSR count). The predicted octanol–water partition coefficient (Wildman–Crippen LogP) is 3.11. The third-order valence-electron chi connectivity index (χ3n) is 3.49. The summed E-state index contributed by atoms with van der Waals surface area (Å²) in [6, 6.07) is 2.46. The Morgan fingerprint density at radius 1 is 1.47 bits per heavy atom. The molecule has 0 saturated carbocycles. The zero-order valence-electron chi connectivity index (χ0n) is 9.54. The smallest absolute Gasteiger partial charge is 0.303 e. The van der Waals surface area contributed by atoms with E-state index in [-0.39, 0.29) is 18.3 Å². The van der Waals surface area contributed by atoms with Crippen LogP contribution in [0.3, 0.4) is 0 Å². The average Bonchev–Trinajstić information content (AvgIpc) is 2.60. The summed E-state index contributed by atoms with van der Waals surface area (Å²) in [6.07, 6.45) is 1.52. The third kappa shape index (κ3) is 2.30. The first-order valence-electron chi connectivity index (χ1n) is 5.68. The molecule has 1 aromatic carbocycles. The molecule has 17 heavy (non-hydrogen) atoms. The second kappa shape index (κ2) is 4.43. The fraction of sp³-hybridized carbons (Fsp3) is 0.462. The van der Waals surface area contributed by atoms with E-state index < -0.39 is 17.6 Å². The van der Waals surface area contributed by atoms with Crippen LogP contribution in [0.2, 0.25) is 0 Å². The van der Waals surface area contributed by atoms with Gasteiger partial charge in [-0.25, -0.2) is 8.78 Å². The number of benzene rings is 1. The lowest BCUT2D eigenvalue weighted by molar-refractivity contribution is -0.138. The summed E-state index contributed by atoms with van der Waals surface area (Å²) in [7, 11) is 0. The molecular weight excluding hydrogens is 226 g/mol. The van der Waals surface area contributed by atoms with Crippen molar-refractivity contribution in [2.24, 2.45) is 5.92 Å². The number of aryl methyl sites for hydroxylation is 1. The molecule has 92 valence electrons.